The van der Waals surface area contributed by atoms with Crippen LogP contribution in [0.25, 0.3) is 0 Å². The number of ether oxygens (including phenoxy) is 1. The van der Waals surface area contributed by atoms with Crippen molar-refractivity contribution in [1.29, 1.82) is 0 Å². The minimum atomic E-state index is -0.361. The van der Waals surface area contributed by atoms with Gasteiger partial charge >= 0.3 is 0 Å². The summed E-state index contributed by atoms with van der Waals surface area (Å²) in [5, 5.41) is 9.76. The summed E-state index contributed by atoms with van der Waals surface area (Å²) in [5.41, 5.74) is 0.942. The van der Waals surface area contributed by atoms with E-state index in [-0.39, 0.29) is 6.10 Å². The van der Waals surface area contributed by atoms with Crippen molar-refractivity contribution in [2.75, 3.05) is 6.61 Å². The molecule has 1 atom stereocenters. The van der Waals surface area contributed by atoms with E-state index in [0.717, 1.165) is 24.2 Å². The van der Waals surface area contributed by atoms with Crippen LogP contribution in [-0.4, -0.2) is 11.7 Å². The van der Waals surface area contributed by atoms with Gasteiger partial charge in [0.1, 0.15) is 5.75 Å². The highest BCUT2D eigenvalue weighted by atomic mass is 16.5. The molecule has 1 N–H and O–H groups in total. The molecule has 0 radical (unpaired) electrons. The molecule has 1 aromatic rings. The largest absolute Gasteiger partial charge is 0.494 e. The third-order valence-corrected chi connectivity index (χ3v) is 2.12. The molecular weight excluding hydrogens is 176 g/mol. The quantitative estimate of drug-likeness (QED) is 0.781. The Morgan fingerprint density at radius 1 is 1.36 bits per heavy atom. The van der Waals surface area contributed by atoms with Crippen molar-refractivity contribution in [3.63, 3.8) is 0 Å². The lowest BCUT2D eigenvalue weighted by Crippen LogP contribution is -1.98. The van der Waals surface area contributed by atoms with Crippen molar-refractivity contribution in [3.8, 4) is 5.75 Å². The highest BCUT2D eigenvalue weighted by Gasteiger charge is 2.06. The molecule has 0 bridgehead atoms. The third kappa shape index (κ3) is 3.04. The van der Waals surface area contributed by atoms with Crippen LogP contribution in [0.5, 0.6) is 5.75 Å². The second kappa shape index (κ2) is 5.66. The van der Waals surface area contributed by atoms with Crippen LogP contribution in [0.1, 0.15) is 38.4 Å². The van der Waals surface area contributed by atoms with Crippen molar-refractivity contribution in [2.24, 2.45) is 0 Å². The maximum Gasteiger partial charge on any atom is 0.119 e. The molecule has 0 unspecified atom stereocenters. The van der Waals surface area contributed by atoms with Gasteiger partial charge in [-0.25, -0.2) is 0 Å². The SMILES string of the molecule is CCC[C@@H](O)c1cccc(OCC)c1. The van der Waals surface area contributed by atoms with Crippen molar-refractivity contribution in [2.45, 2.75) is 32.8 Å². The smallest absolute Gasteiger partial charge is 0.119 e. The summed E-state index contributed by atoms with van der Waals surface area (Å²) < 4.78 is 5.36. The van der Waals surface area contributed by atoms with Crippen LogP contribution < -0.4 is 4.74 Å². The van der Waals surface area contributed by atoms with Crippen LogP contribution in [0.3, 0.4) is 0 Å². The monoisotopic (exact) mass is 194 g/mol. The average Bonchev–Trinajstić information content (AvgIpc) is 2.19. The topological polar surface area (TPSA) is 29.5 Å². The first-order valence-electron chi connectivity index (χ1n) is 5.18. The van der Waals surface area contributed by atoms with E-state index >= 15 is 0 Å². The number of hydrogen-bond acceptors (Lipinski definition) is 2. The number of hydrogen-bond donors (Lipinski definition) is 1. The molecule has 0 fully saturated rings. The second-order valence-electron chi connectivity index (χ2n) is 3.31. The Morgan fingerprint density at radius 2 is 2.14 bits per heavy atom. The predicted molar refractivity (Wildman–Crippen MR) is 57.5 cm³/mol. The van der Waals surface area contributed by atoms with E-state index in [4.69, 9.17) is 4.74 Å². The van der Waals surface area contributed by atoms with Crippen LogP contribution in [0, 0.1) is 0 Å². The van der Waals surface area contributed by atoms with Gasteiger partial charge in [-0.15, -0.1) is 0 Å². The van der Waals surface area contributed by atoms with Gasteiger partial charge in [-0.2, -0.15) is 0 Å². The Balaban J connectivity index is 2.71. The summed E-state index contributed by atoms with van der Waals surface area (Å²) in [6, 6.07) is 7.66. The molecular formula is C12H18O2. The molecule has 14 heavy (non-hydrogen) atoms. The Morgan fingerprint density at radius 3 is 2.79 bits per heavy atom. The van der Waals surface area contributed by atoms with Crippen molar-refractivity contribution in [3.05, 3.63) is 29.8 Å². The van der Waals surface area contributed by atoms with Gasteiger partial charge in [-0.05, 0) is 31.0 Å². The Bertz CT molecular complexity index is 271. The van der Waals surface area contributed by atoms with Gasteiger partial charge in [-0.3, -0.25) is 0 Å². The summed E-state index contributed by atoms with van der Waals surface area (Å²) >= 11 is 0. The third-order valence-electron chi connectivity index (χ3n) is 2.12. The Kier molecular flexibility index (Phi) is 4.47. The van der Waals surface area contributed by atoms with E-state index in [9.17, 15) is 5.11 Å². The van der Waals surface area contributed by atoms with Crippen LogP contribution >= 0.6 is 0 Å². The maximum atomic E-state index is 9.76. The summed E-state index contributed by atoms with van der Waals surface area (Å²) in [6.45, 7) is 4.68. The van der Waals surface area contributed by atoms with E-state index in [0.29, 0.717) is 6.61 Å². The molecule has 0 aliphatic carbocycles. The molecule has 1 rings (SSSR count). The van der Waals surface area contributed by atoms with E-state index < -0.39 is 0 Å². The molecule has 0 saturated carbocycles. The van der Waals surface area contributed by atoms with E-state index in [1.165, 1.54) is 0 Å². The van der Waals surface area contributed by atoms with E-state index in [1.807, 2.05) is 31.2 Å². The van der Waals surface area contributed by atoms with Gasteiger partial charge in [0.15, 0.2) is 0 Å². The summed E-state index contributed by atoms with van der Waals surface area (Å²) in [4.78, 5) is 0. The normalized spacial score (nSPS) is 12.5. The highest BCUT2D eigenvalue weighted by Crippen LogP contribution is 2.22. The van der Waals surface area contributed by atoms with Gasteiger partial charge in [0.2, 0.25) is 0 Å². The van der Waals surface area contributed by atoms with E-state index in [2.05, 4.69) is 6.92 Å². The van der Waals surface area contributed by atoms with Crippen LogP contribution in [0.4, 0.5) is 0 Å². The summed E-state index contributed by atoms with van der Waals surface area (Å²) in [6.07, 6.45) is 1.43. The minimum absolute atomic E-state index is 0.361. The van der Waals surface area contributed by atoms with Gasteiger partial charge in [-0.1, -0.05) is 25.5 Å². The van der Waals surface area contributed by atoms with Gasteiger partial charge in [0.05, 0.1) is 12.7 Å². The maximum absolute atomic E-state index is 9.76. The Labute approximate surface area is 85.5 Å². The van der Waals surface area contributed by atoms with Crippen molar-refractivity contribution in [1.82, 2.24) is 0 Å². The number of benzene rings is 1. The molecule has 1 aromatic carbocycles. The second-order valence-corrected chi connectivity index (χ2v) is 3.31. The molecule has 0 aliphatic rings. The van der Waals surface area contributed by atoms with Crippen LogP contribution in [0.15, 0.2) is 24.3 Å². The summed E-state index contributed by atoms with van der Waals surface area (Å²) in [7, 11) is 0. The molecule has 78 valence electrons. The zero-order valence-corrected chi connectivity index (χ0v) is 8.86. The molecule has 2 heteroatoms. The lowest BCUT2D eigenvalue weighted by atomic mass is 10.1. The minimum Gasteiger partial charge on any atom is -0.494 e. The van der Waals surface area contributed by atoms with Gasteiger partial charge in [0, 0.05) is 0 Å². The van der Waals surface area contributed by atoms with Gasteiger partial charge < -0.3 is 9.84 Å². The zero-order chi connectivity index (χ0) is 10.4. The summed E-state index contributed by atoms with van der Waals surface area (Å²) in [5.74, 6) is 0.833. The van der Waals surface area contributed by atoms with Crippen LogP contribution in [0.2, 0.25) is 0 Å². The standard InChI is InChI=1S/C12H18O2/c1-3-6-12(13)10-7-5-8-11(9-10)14-4-2/h5,7-9,12-13H,3-4,6H2,1-2H3/t12-/m1/s1. The van der Waals surface area contributed by atoms with Crippen LogP contribution in [-0.2, 0) is 0 Å². The fourth-order valence-corrected chi connectivity index (χ4v) is 1.42. The molecule has 0 amide bonds. The van der Waals surface area contributed by atoms with Crippen molar-refractivity contribution >= 4 is 0 Å². The predicted octanol–water partition coefficient (Wildman–Crippen LogP) is 2.92. The fraction of sp³-hybridized carbons (Fsp3) is 0.500. The Hall–Kier alpha value is -1.02. The fourth-order valence-electron chi connectivity index (χ4n) is 1.42. The first-order chi connectivity index (χ1) is 6.77. The lowest BCUT2D eigenvalue weighted by Gasteiger charge is -2.11. The molecule has 0 spiro atoms. The highest BCUT2D eigenvalue weighted by molar-refractivity contribution is 5.29. The molecule has 0 heterocycles. The lowest BCUT2D eigenvalue weighted by molar-refractivity contribution is 0.166. The molecule has 0 saturated heterocycles. The molecule has 0 aromatic heterocycles. The molecule has 0 aliphatic heterocycles. The van der Waals surface area contributed by atoms with Crippen molar-refractivity contribution < 1.29 is 9.84 Å². The molecule has 2 nitrogen and oxygen atoms in total. The first kappa shape index (κ1) is 11.1. The zero-order valence-electron chi connectivity index (χ0n) is 8.86. The number of aliphatic hydroxyl groups is 1. The average molecular weight is 194 g/mol. The number of aliphatic hydroxyl groups excluding tert-OH is 1. The van der Waals surface area contributed by atoms with E-state index in [1.54, 1.807) is 0 Å². The van der Waals surface area contributed by atoms with Gasteiger partial charge in [0.25, 0.3) is 0 Å². The number of rotatable bonds is 5. The first-order valence-corrected chi connectivity index (χ1v) is 5.18.